The molecule has 0 radical (unpaired) electrons. The van der Waals surface area contributed by atoms with E-state index in [1.807, 2.05) is 6.92 Å². The van der Waals surface area contributed by atoms with Gasteiger partial charge in [0.2, 0.25) is 5.91 Å². The van der Waals surface area contributed by atoms with Crippen LogP contribution in [0, 0.1) is 5.82 Å². The highest BCUT2D eigenvalue weighted by atomic mass is 79.9. The molecule has 1 aromatic heterocycles. The van der Waals surface area contributed by atoms with Crippen molar-refractivity contribution < 1.29 is 13.9 Å². The first-order valence-electron chi connectivity index (χ1n) is 6.31. The van der Waals surface area contributed by atoms with E-state index in [1.165, 1.54) is 24.3 Å². The number of nitrogens with zero attached hydrogens (tertiary/aromatic N) is 2. The molecule has 0 aliphatic carbocycles. The van der Waals surface area contributed by atoms with Crippen LogP contribution in [-0.2, 0) is 11.4 Å². The summed E-state index contributed by atoms with van der Waals surface area (Å²) < 4.78 is 19.7. The summed E-state index contributed by atoms with van der Waals surface area (Å²) in [5.41, 5.74) is 0.664. The number of halogens is 2. The van der Waals surface area contributed by atoms with Gasteiger partial charge in [-0.3, -0.25) is 9.69 Å². The van der Waals surface area contributed by atoms with Gasteiger partial charge in [0, 0.05) is 23.3 Å². The Bertz CT molecular complexity index is 648. The summed E-state index contributed by atoms with van der Waals surface area (Å²) in [5, 5.41) is 2.43. The molecule has 4 nitrogen and oxygen atoms in total. The van der Waals surface area contributed by atoms with Gasteiger partial charge in [-0.05, 0) is 25.1 Å². The zero-order valence-electron chi connectivity index (χ0n) is 11.6. The Kier molecular flexibility index (Phi) is 5.30. The van der Waals surface area contributed by atoms with Crippen LogP contribution in [0.25, 0.3) is 0 Å². The van der Waals surface area contributed by atoms with Gasteiger partial charge in [0.1, 0.15) is 6.61 Å². The Labute approximate surface area is 134 Å². The molecule has 0 aliphatic rings. The maximum Gasteiger partial charge on any atom is 0.225 e. The minimum Gasteiger partial charge on any atom is -0.484 e. The van der Waals surface area contributed by atoms with Gasteiger partial charge in [-0.1, -0.05) is 15.9 Å². The number of rotatable bonds is 5. The van der Waals surface area contributed by atoms with E-state index >= 15 is 0 Å². The van der Waals surface area contributed by atoms with E-state index in [0.717, 1.165) is 0 Å². The van der Waals surface area contributed by atoms with Crippen molar-refractivity contribution in [3.8, 4) is 5.75 Å². The fraction of sp³-hybridized carbons (Fsp3) is 0.286. The first-order valence-corrected chi connectivity index (χ1v) is 7.99. The summed E-state index contributed by atoms with van der Waals surface area (Å²) in [7, 11) is 0. The van der Waals surface area contributed by atoms with Crippen molar-refractivity contribution in [3.05, 3.63) is 39.6 Å². The molecule has 0 saturated carbocycles. The first-order chi connectivity index (χ1) is 10.0. The molecule has 0 spiro atoms. The summed E-state index contributed by atoms with van der Waals surface area (Å²) in [4.78, 5) is 17.4. The predicted molar refractivity (Wildman–Crippen MR) is 84.2 cm³/mol. The van der Waals surface area contributed by atoms with E-state index in [-0.39, 0.29) is 18.3 Å². The maximum atomic E-state index is 13.6. The van der Waals surface area contributed by atoms with Crippen molar-refractivity contribution in [1.29, 1.82) is 0 Å². The average molecular weight is 373 g/mol. The Morgan fingerprint density at radius 1 is 1.52 bits per heavy atom. The van der Waals surface area contributed by atoms with Crippen molar-refractivity contribution in [2.45, 2.75) is 20.5 Å². The zero-order valence-corrected chi connectivity index (χ0v) is 14.0. The fourth-order valence-electron chi connectivity index (χ4n) is 1.72. The highest BCUT2D eigenvalue weighted by molar-refractivity contribution is 9.10. The number of hydrogen-bond acceptors (Lipinski definition) is 4. The molecule has 0 unspecified atom stereocenters. The number of ether oxygens (including phenoxy) is 1. The highest BCUT2D eigenvalue weighted by Gasteiger charge is 2.14. The number of carbonyl (C=O) groups is 1. The molecule has 0 atom stereocenters. The number of benzene rings is 1. The smallest absolute Gasteiger partial charge is 0.225 e. The van der Waals surface area contributed by atoms with Crippen LogP contribution in [0.1, 0.15) is 19.5 Å². The van der Waals surface area contributed by atoms with Crippen LogP contribution in [0.4, 0.5) is 9.52 Å². The second kappa shape index (κ2) is 7.00. The molecule has 1 aromatic carbocycles. The minimum absolute atomic E-state index is 0.0572. The van der Waals surface area contributed by atoms with Crippen molar-refractivity contribution in [2.75, 3.05) is 11.4 Å². The van der Waals surface area contributed by atoms with E-state index in [0.29, 0.717) is 21.8 Å². The zero-order chi connectivity index (χ0) is 15.4. The van der Waals surface area contributed by atoms with Crippen molar-refractivity contribution in [3.63, 3.8) is 0 Å². The lowest BCUT2D eigenvalue weighted by Gasteiger charge is -2.14. The molecule has 7 heteroatoms. The molecule has 2 rings (SSSR count). The number of hydrogen-bond donors (Lipinski definition) is 0. The Hall–Kier alpha value is -1.47. The maximum absolute atomic E-state index is 13.6. The standard InChI is InChI=1S/C14H14BrFN2O2S/c1-3-18(9(2)19)14-17-11(8-21-14)7-20-13-5-4-10(15)6-12(13)16/h4-6,8H,3,7H2,1-2H3. The molecule has 2 aromatic rings. The second-order valence-corrected chi connectivity index (χ2v) is 6.00. The van der Waals surface area contributed by atoms with Gasteiger partial charge in [0.15, 0.2) is 16.7 Å². The number of carbonyl (C=O) groups excluding carboxylic acids is 1. The van der Waals surface area contributed by atoms with E-state index in [1.54, 1.807) is 22.4 Å². The van der Waals surface area contributed by atoms with Gasteiger partial charge >= 0.3 is 0 Å². The number of thiazole rings is 1. The second-order valence-electron chi connectivity index (χ2n) is 4.25. The van der Waals surface area contributed by atoms with E-state index in [4.69, 9.17) is 4.74 Å². The summed E-state index contributed by atoms with van der Waals surface area (Å²) in [6, 6.07) is 4.61. The molecule has 0 aliphatic heterocycles. The molecular formula is C14H14BrFN2O2S. The lowest BCUT2D eigenvalue weighted by atomic mass is 10.3. The number of aromatic nitrogens is 1. The molecule has 0 bridgehead atoms. The van der Waals surface area contributed by atoms with Crippen LogP contribution in [0.3, 0.4) is 0 Å². The molecule has 0 saturated heterocycles. The van der Waals surface area contributed by atoms with E-state index < -0.39 is 5.82 Å². The summed E-state index contributed by atoms with van der Waals surface area (Å²) in [5.74, 6) is -0.316. The average Bonchev–Trinajstić information content (AvgIpc) is 2.87. The normalized spacial score (nSPS) is 10.5. The van der Waals surface area contributed by atoms with Gasteiger partial charge in [-0.15, -0.1) is 11.3 Å². The van der Waals surface area contributed by atoms with Gasteiger partial charge < -0.3 is 4.74 Å². The topological polar surface area (TPSA) is 42.4 Å². The monoisotopic (exact) mass is 372 g/mol. The molecular weight excluding hydrogens is 359 g/mol. The van der Waals surface area contributed by atoms with Crippen LogP contribution in [0.2, 0.25) is 0 Å². The summed E-state index contributed by atoms with van der Waals surface area (Å²) in [6.45, 7) is 4.10. The quantitative estimate of drug-likeness (QED) is 0.796. The van der Waals surface area contributed by atoms with E-state index in [2.05, 4.69) is 20.9 Å². The van der Waals surface area contributed by atoms with Crippen LogP contribution in [0.5, 0.6) is 5.75 Å². The van der Waals surface area contributed by atoms with Crippen LogP contribution in [-0.4, -0.2) is 17.4 Å². The lowest BCUT2D eigenvalue weighted by Crippen LogP contribution is -2.27. The van der Waals surface area contributed by atoms with Gasteiger partial charge in [0.25, 0.3) is 0 Å². The molecule has 112 valence electrons. The Morgan fingerprint density at radius 3 is 2.90 bits per heavy atom. The predicted octanol–water partition coefficient (Wildman–Crippen LogP) is 4.00. The van der Waals surface area contributed by atoms with Crippen molar-refractivity contribution >= 4 is 38.3 Å². The molecule has 21 heavy (non-hydrogen) atoms. The van der Waals surface area contributed by atoms with Crippen LogP contribution < -0.4 is 9.64 Å². The van der Waals surface area contributed by atoms with Gasteiger partial charge in [-0.2, -0.15) is 0 Å². The van der Waals surface area contributed by atoms with Crippen LogP contribution in [0.15, 0.2) is 28.1 Å². The number of anilines is 1. The molecule has 0 fully saturated rings. The van der Waals surface area contributed by atoms with Crippen molar-refractivity contribution in [2.24, 2.45) is 0 Å². The molecule has 0 N–H and O–H groups in total. The van der Waals surface area contributed by atoms with Gasteiger partial charge in [-0.25, -0.2) is 9.37 Å². The largest absolute Gasteiger partial charge is 0.484 e. The summed E-state index contributed by atoms with van der Waals surface area (Å²) >= 11 is 4.55. The fourth-order valence-corrected chi connectivity index (χ4v) is 2.97. The lowest BCUT2D eigenvalue weighted by molar-refractivity contribution is -0.116. The first kappa shape index (κ1) is 15.9. The van der Waals surface area contributed by atoms with Crippen LogP contribution >= 0.6 is 27.3 Å². The number of amides is 1. The third kappa shape index (κ3) is 4.01. The summed E-state index contributed by atoms with van der Waals surface area (Å²) in [6.07, 6.45) is 0. The molecule has 1 heterocycles. The van der Waals surface area contributed by atoms with E-state index in [9.17, 15) is 9.18 Å². The Morgan fingerprint density at radius 2 is 2.29 bits per heavy atom. The Balaban J connectivity index is 2.04. The SMILES string of the molecule is CCN(C(C)=O)c1nc(COc2ccc(Br)cc2F)cs1. The minimum atomic E-state index is -0.432. The third-order valence-electron chi connectivity index (χ3n) is 2.74. The van der Waals surface area contributed by atoms with Crippen molar-refractivity contribution in [1.82, 2.24) is 4.98 Å². The molecule has 1 amide bonds. The van der Waals surface area contributed by atoms with Gasteiger partial charge in [0.05, 0.1) is 5.69 Å². The third-order valence-corrected chi connectivity index (χ3v) is 4.14. The highest BCUT2D eigenvalue weighted by Crippen LogP contribution is 2.24.